The molecule has 0 unspecified atom stereocenters. The number of carbonyl (C=O) groups is 1. The first-order valence-electron chi connectivity index (χ1n) is 9.44. The van der Waals surface area contributed by atoms with Crippen LogP contribution in [0.5, 0.6) is 0 Å². The van der Waals surface area contributed by atoms with E-state index >= 15 is 0 Å². The second-order valence-electron chi connectivity index (χ2n) is 6.68. The first kappa shape index (κ1) is 20.2. The molecule has 0 bridgehead atoms. The normalized spacial score (nSPS) is 10.9. The molecule has 1 aromatic carbocycles. The van der Waals surface area contributed by atoms with E-state index in [0.29, 0.717) is 21.9 Å². The van der Waals surface area contributed by atoms with Crippen molar-refractivity contribution in [2.75, 3.05) is 5.32 Å². The minimum Gasteiger partial charge on any atom is -0.444 e. The van der Waals surface area contributed by atoms with Crippen molar-refractivity contribution in [2.45, 2.75) is 0 Å². The van der Waals surface area contributed by atoms with Gasteiger partial charge < -0.3 is 9.73 Å². The van der Waals surface area contributed by atoms with Gasteiger partial charge in [0.05, 0.1) is 10.6 Å². The van der Waals surface area contributed by atoms with Gasteiger partial charge in [-0.3, -0.25) is 14.6 Å². The molecular weight excluding hydrogens is 494 g/mol. The number of rotatable bonds is 5. The van der Waals surface area contributed by atoms with Gasteiger partial charge in [0.1, 0.15) is 11.5 Å². The van der Waals surface area contributed by atoms with Crippen LogP contribution in [0.3, 0.4) is 0 Å². The molecule has 5 rings (SSSR count). The molecule has 2 N–H and O–H groups in total. The Balaban J connectivity index is 1.61. The maximum absolute atomic E-state index is 12.7. The molecule has 5 aromatic rings. The summed E-state index contributed by atoms with van der Waals surface area (Å²) in [6.07, 6.45) is 0. The van der Waals surface area contributed by atoms with Crippen LogP contribution >= 0.6 is 27.3 Å². The zero-order valence-electron chi connectivity index (χ0n) is 16.3. The number of furan rings is 1. The molecule has 0 saturated heterocycles. The number of halogens is 1. The second kappa shape index (κ2) is 8.40. The first-order chi connectivity index (χ1) is 15.6. The summed E-state index contributed by atoms with van der Waals surface area (Å²) in [6.45, 7) is 0. The Labute approximate surface area is 193 Å². The van der Waals surface area contributed by atoms with E-state index in [1.807, 2.05) is 47.8 Å². The summed E-state index contributed by atoms with van der Waals surface area (Å²) in [4.78, 5) is 33.3. The molecule has 0 aliphatic rings. The van der Waals surface area contributed by atoms with Crippen LogP contribution in [-0.4, -0.2) is 25.7 Å². The number of aromatic amines is 1. The fourth-order valence-corrected chi connectivity index (χ4v) is 4.08. The Morgan fingerprint density at radius 3 is 2.62 bits per heavy atom. The molecular formula is C22H14BrN5O3S. The van der Waals surface area contributed by atoms with Crippen LogP contribution in [-0.2, 0) is 0 Å². The average molecular weight is 508 g/mol. The van der Waals surface area contributed by atoms with Crippen molar-refractivity contribution < 1.29 is 9.21 Å². The van der Waals surface area contributed by atoms with Crippen LogP contribution in [0.1, 0.15) is 10.6 Å². The summed E-state index contributed by atoms with van der Waals surface area (Å²) in [6, 6.07) is 19.5. The third kappa shape index (κ3) is 4.05. The highest BCUT2D eigenvalue weighted by atomic mass is 79.9. The number of nitrogens with zero attached hydrogens (tertiary/aromatic N) is 3. The minimum absolute atomic E-state index is 0.127. The van der Waals surface area contributed by atoms with Gasteiger partial charge in [-0.2, -0.15) is 9.78 Å². The van der Waals surface area contributed by atoms with E-state index < -0.39 is 5.91 Å². The summed E-state index contributed by atoms with van der Waals surface area (Å²) < 4.78 is 7.18. The van der Waals surface area contributed by atoms with Gasteiger partial charge in [-0.15, -0.1) is 11.3 Å². The van der Waals surface area contributed by atoms with Crippen molar-refractivity contribution in [3.05, 3.63) is 92.9 Å². The fraction of sp³-hybridized carbons (Fsp3) is 0. The number of amides is 1. The van der Waals surface area contributed by atoms with E-state index in [1.54, 1.807) is 18.2 Å². The SMILES string of the molecule is O=C(Nc1cc(-c2cccs2)nn1-c1nc(-c2ccccc2)cc(=O)[nH]1)c1ccc(Br)o1. The van der Waals surface area contributed by atoms with Crippen LogP contribution < -0.4 is 10.9 Å². The number of anilines is 1. The van der Waals surface area contributed by atoms with Gasteiger partial charge in [-0.05, 0) is 39.5 Å². The maximum atomic E-state index is 12.7. The largest absolute Gasteiger partial charge is 0.444 e. The zero-order chi connectivity index (χ0) is 22.1. The highest BCUT2D eigenvalue weighted by Crippen LogP contribution is 2.28. The first-order valence-corrected chi connectivity index (χ1v) is 11.1. The highest BCUT2D eigenvalue weighted by Gasteiger charge is 2.19. The lowest BCUT2D eigenvalue weighted by atomic mass is 10.1. The van der Waals surface area contributed by atoms with Gasteiger partial charge in [0.25, 0.3) is 11.5 Å². The number of aromatic nitrogens is 4. The van der Waals surface area contributed by atoms with Gasteiger partial charge in [-0.25, -0.2) is 4.98 Å². The lowest BCUT2D eigenvalue weighted by Crippen LogP contribution is -2.18. The van der Waals surface area contributed by atoms with E-state index in [1.165, 1.54) is 22.1 Å². The molecule has 158 valence electrons. The second-order valence-corrected chi connectivity index (χ2v) is 8.41. The molecule has 8 nitrogen and oxygen atoms in total. The lowest BCUT2D eigenvalue weighted by Gasteiger charge is -2.08. The Bertz CT molecular complexity index is 1450. The third-order valence-electron chi connectivity index (χ3n) is 4.52. The van der Waals surface area contributed by atoms with Crippen LogP contribution in [0, 0.1) is 0 Å². The number of nitrogens with one attached hydrogen (secondary N) is 2. The molecule has 0 aliphatic heterocycles. The Morgan fingerprint density at radius 1 is 1.06 bits per heavy atom. The summed E-state index contributed by atoms with van der Waals surface area (Å²) in [5.41, 5.74) is 1.57. The third-order valence-corrected chi connectivity index (χ3v) is 5.84. The quantitative estimate of drug-likeness (QED) is 0.349. The number of carbonyl (C=O) groups excluding carboxylic acids is 1. The van der Waals surface area contributed by atoms with Crippen LogP contribution in [0.2, 0.25) is 0 Å². The topological polar surface area (TPSA) is 106 Å². The number of hydrogen-bond acceptors (Lipinski definition) is 6. The molecule has 0 atom stereocenters. The van der Waals surface area contributed by atoms with Gasteiger partial charge >= 0.3 is 0 Å². The summed E-state index contributed by atoms with van der Waals surface area (Å²) in [7, 11) is 0. The van der Waals surface area contributed by atoms with Gasteiger partial charge in [-0.1, -0.05) is 36.4 Å². The van der Waals surface area contributed by atoms with Crippen molar-refractivity contribution in [1.82, 2.24) is 19.7 Å². The van der Waals surface area contributed by atoms with Crippen molar-refractivity contribution in [2.24, 2.45) is 0 Å². The van der Waals surface area contributed by atoms with Crippen molar-refractivity contribution in [3.8, 4) is 27.8 Å². The summed E-state index contributed by atoms with van der Waals surface area (Å²) in [5, 5.41) is 9.31. The van der Waals surface area contributed by atoms with E-state index in [4.69, 9.17) is 4.42 Å². The predicted molar refractivity (Wildman–Crippen MR) is 125 cm³/mol. The molecule has 10 heteroatoms. The standard InChI is InChI=1S/C22H14BrN5O3S/c23-18-9-8-16(31-18)21(30)25-19-11-15(17-7-4-10-32-17)27-28(19)22-24-14(12-20(29)26-22)13-5-2-1-3-6-13/h1-12H,(H,25,30)(H,24,26,29). The lowest BCUT2D eigenvalue weighted by molar-refractivity contribution is 0.0994. The Morgan fingerprint density at radius 2 is 1.91 bits per heavy atom. The van der Waals surface area contributed by atoms with Crippen LogP contribution in [0.15, 0.2) is 86.0 Å². The van der Waals surface area contributed by atoms with E-state index in [9.17, 15) is 9.59 Å². The van der Waals surface area contributed by atoms with E-state index in [-0.39, 0.29) is 17.3 Å². The molecule has 32 heavy (non-hydrogen) atoms. The van der Waals surface area contributed by atoms with Gasteiger partial charge in [0, 0.05) is 17.7 Å². The smallest absolute Gasteiger partial charge is 0.292 e. The maximum Gasteiger partial charge on any atom is 0.292 e. The molecule has 1 amide bonds. The van der Waals surface area contributed by atoms with Crippen molar-refractivity contribution in [3.63, 3.8) is 0 Å². The number of hydrogen-bond donors (Lipinski definition) is 2. The predicted octanol–water partition coefficient (Wildman–Crippen LogP) is 4.96. The number of thiophene rings is 1. The Kier molecular flexibility index (Phi) is 5.29. The van der Waals surface area contributed by atoms with Gasteiger partial charge in [0.15, 0.2) is 10.4 Å². The molecule has 0 aliphatic carbocycles. The fourth-order valence-electron chi connectivity index (χ4n) is 3.09. The van der Waals surface area contributed by atoms with Crippen LogP contribution in [0.25, 0.3) is 27.8 Å². The molecule has 0 spiro atoms. The molecule has 0 radical (unpaired) electrons. The van der Waals surface area contributed by atoms with Crippen molar-refractivity contribution in [1.29, 1.82) is 0 Å². The van der Waals surface area contributed by atoms with Crippen molar-refractivity contribution >= 4 is 39.0 Å². The zero-order valence-corrected chi connectivity index (χ0v) is 18.7. The van der Waals surface area contributed by atoms with Gasteiger partial charge in [0.2, 0.25) is 5.95 Å². The average Bonchev–Trinajstić information content (AvgIpc) is 3.55. The Hall–Kier alpha value is -3.76. The summed E-state index contributed by atoms with van der Waals surface area (Å²) >= 11 is 4.70. The number of H-pyrrole nitrogens is 1. The summed E-state index contributed by atoms with van der Waals surface area (Å²) in [5.74, 6) is 0.173. The van der Waals surface area contributed by atoms with Crippen LogP contribution in [0.4, 0.5) is 5.82 Å². The highest BCUT2D eigenvalue weighted by molar-refractivity contribution is 9.10. The minimum atomic E-state index is -0.462. The molecule has 4 aromatic heterocycles. The number of benzene rings is 1. The molecule has 0 saturated carbocycles. The molecule has 0 fully saturated rings. The van der Waals surface area contributed by atoms with E-state index in [0.717, 1.165) is 10.4 Å². The van der Waals surface area contributed by atoms with E-state index in [2.05, 4.69) is 36.3 Å². The monoisotopic (exact) mass is 507 g/mol. The molecule has 4 heterocycles.